The van der Waals surface area contributed by atoms with E-state index in [-0.39, 0.29) is 24.5 Å². The second-order valence-corrected chi connectivity index (χ2v) is 5.74. The minimum absolute atomic E-state index is 0.000282. The van der Waals surface area contributed by atoms with E-state index >= 15 is 0 Å². The van der Waals surface area contributed by atoms with Gasteiger partial charge in [-0.2, -0.15) is 0 Å². The van der Waals surface area contributed by atoms with Gasteiger partial charge in [0.1, 0.15) is 5.75 Å². The van der Waals surface area contributed by atoms with E-state index in [0.717, 1.165) is 23.3 Å². The van der Waals surface area contributed by atoms with Gasteiger partial charge in [0.05, 0.1) is 7.11 Å². The van der Waals surface area contributed by atoms with Crippen LogP contribution in [0.5, 0.6) is 5.75 Å². The topological polar surface area (TPSA) is 55.4 Å². The molecule has 1 amide bonds. The van der Waals surface area contributed by atoms with Crippen molar-refractivity contribution >= 4 is 11.7 Å². The van der Waals surface area contributed by atoms with Crippen molar-refractivity contribution in [2.45, 2.75) is 26.2 Å². The van der Waals surface area contributed by atoms with Crippen LogP contribution in [0.1, 0.15) is 34.3 Å². The number of benzene rings is 2. The Morgan fingerprint density at radius 3 is 2.25 bits per heavy atom. The zero-order valence-electron chi connectivity index (χ0n) is 14.2. The Balaban J connectivity index is 1.69. The lowest BCUT2D eigenvalue weighted by Crippen LogP contribution is -2.26. The zero-order valence-corrected chi connectivity index (χ0v) is 14.2. The quantitative estimate of drug-likeness (QED) is 0.758. The number of amides is 1. The van der Waals surface area contributed by atoms with E-state index in [0.29, 0.717) is 12.1 Å². The van der Waals surface area contributed by atoms with Gasteiger partial charge in [-0.1, -0.05) is 42.0 Å². The molecule has 0 aliphatic heterocycles. The van der Waals surface area contributed by atoms with Gasteiger partial charge in [-0.3, -0.25) is 9.59 Å². The summed E-state index contributed by atoms with van der Waals surface area (Å²) in [6.45, 7) is 2.54. The minimum atomic E-state index is -0.0935. The number of rotatable bonds is 8. The molecule has 0 bridgehead atoms. The monoisotopic (exact) mass is 325 g/mol. The van der Waals surface area contributed by atoms with Crippen molar-refractivity contribution in [3.8, 4) is 5.75 Å². The summed E-state index contributed by atoms with van der Waals surface area (Å²) in [5.74, 6) is 0.724. The molecule has 4 nitrogen and oxygen atoms in total. The summed E-state index contributed by atoms with van der Waals surface area (Å²) in [6, 6.07) is 15.2. The molecule has 0 aliphatic carbocycles. The Kier molecular flexibility index (Phi) is 6.55. The first-order valence-electron chi connectivity index (χ1n) is 8.08. The molecule has 0 saturated heterocycles. The highest BCUT2D eigenvalue weighted by Gasteiger charge is 2.09. The fourth-order valence-corrected chi connectivity index (χ4v) is 2.34. The van der Waals surface area contributed by atoms with Gasteiger partial charge in [0.2, 0.25) is 5.91 Å². The third-order valence-electron chi connectivity index (χ3n) is 3.85. The Hall–Kier alpha value is -2.62. The van der Waals surface area contributed by atoms with Crippen molar-refractivity contribution < 1.29 is 14.3 Å². The number of hydrogen-bond donors (Lipinski definition) is 1. The van der Waals surface area contributed by atoms with Crippen LogP contribution in [0.3, 0.4) is 0 Å². The molecule has 0 unspecified atom stereocenters. The molecule has 0 fully saturated rings. The van der Waals surface area contributed by atoms with E-state index < -0.39 is 0 Å². The maximum absolute atomic E-state index is 12.0. The SMILES string of the molecule is COc1ccc(CCNC(=O)CCC(=O)c2ccc(C)cc2)cc1. The first kappa shape index (κ1) is 17.7. The number of carbonyl (C=O) groups excluding carboxylic acids is 2. The molecule has 0 aliphatic rings. The van der Waals surface area contributed by atoms with Gasteiger partial charge >= 0.3 is 0 Å². The van der Waals surface area contributed by atoms with E-state index in [4.69, 9.17) is 4.74 Å². The van der Waals surface area contributed by atoms with Gasteiger partial charge < -0.3 is 10.1 Å². The number of aryl methyl sites for hydroxylation is 1. The van der Waals surface area contributed by atoms with Gasteiger partial charge in [0.25, 0.3) is 0 Å². The molecule has 2 aromatic rings. The summed E-state index contributed by atoms with van der Waals surface area (Å²) in [5.41, 5.74) is 2.90. The van der Waals surface area contributed by atoms with Gasteiger partial charge in [-0.15, -0.1) is 0 Å². The first-order valence-corrected chi connectivity index (χ1v) is 8.08. The van der Waals surface area contributed by atoms with Crippen molar-refractivity contribution in [2.75, 3.05) is 13.7 Å². The molecule has 0 atom stereocenters. The van der Waals surface area contributed by atoms with E-state index in [2.05, 4.69) is 5.32 Å². The molecule has 2 aromatic carbocycles. The van der Waals surface area contributed by atoms with Crippen molar-refractivity contribution in [2.24, 2.45) is 0 Å². The summed E-state index contributed by atoms with van der Waals surface area (Å²) in [6.07, 6.45) is 1.20. The highest BCUT2D eigenvalue weighted by atomic mass is 16.5. The number of ketones is 1. The summed E-state index contributed by atoms with van der Waals surface area (Å²) in [5, 5.41) is 2.85. The van der Waals surface area contributed by atoms with Crippen molar-refractivity contribution in [1.29, 1.82) is 0 Å². The van der Waals surface area contributed by atoms with Crippen LogP contribution in [-0.4, -0.2) is 25.3 Å². The lowest BCUT2D eigenvalue weighted by molar-refractivity contribution is -0.121. The van der Waals surface area contributed by atoms with Gasteiger partial charge in [-0.05, 0) is 31.0 Å². The molecular weight excluding hydrogens is 302 g/mol. The molecule has 126 valence electrons. The molecule has 0 radical (unpaired) electrons. The third-order valence-corrected chi connectivity index (χ3v) is 3.85. The number of hydrogen-bond acceptors (Lipinski definition) is 3. The third kappa shape index (κ3) is 5.54. The lowest BCUT2D eigenvalue weighted by atomic mass is 10.0. The van der Waals surface area contributed by atoms with Crippen LogP contribution >= 0.6 is 0 Å². The largest absolute Gasteiger partial charge is 0.497 e. The first-order chi connectivity index (χ1) is 11.6. The van der Waals surface area contributed by atoms with Crippen LogP contribution in [0.4, 0.5) is 0 Å². The van der Waals surface area contributed by atoms with Crippen LogP contribution in [0, 0.1) is 6.92 Å². The Bertz CT molecular complexity index is 675. The molecule has 24 heavy (non-hydrogen) atoms. The molecule has 0 aromatic heterocycles. The Labute approximate surface area is 142 Å². The summed E-state index contributed by atoms with van der Waals surface area (Å²) >= 11 is 0. The molecular formula is C20H23NO3. The van der Waals surface area contributed by atoms with E-state index in [1.807, 2.05) is 43.3 Å². The molecule has 0 heterocycles. The fourth-order valence-electron chi connectivity index (χ4n) is 2.34. The maximum atomic E-state index is 12.0. The smallest absolute Gasteiger partial charge is 0.220 e. The predicted octanol–water partition coefficient (Wildman–Crippen LogP) is 3.33. The lowest BCUT2D eigenvalue weighted by Gasteiger charge is -2.06. The summed E-state index contributed by atoms with van der Waals surface area (Å²) in [4.78, 5) is 23.9. The van der Waals surface area contributed by atoms with Crippen LogP contribution in [0.25, 0.3) is 0 Å². The Morgan fingerprint density at radius 2 is 1.62 bits per heavy atom. The normalized spacial score (nSPS) is 10.2. The number of nitrogens with one attached hydrogen (secondary N) is 1. The number of ether oxygens (including phenoxy) is 1. The van der Waals surface area contributed by atoms with E-state index in [1.165, 1.54) is 0 Å². The van der Waals surface area contributed by atoms with Crippen LogP contribution in [0.15, 0.2) is 48.5 Å². The number of Topliss-reactive ketones (excluding diaryl/α,β-unsaturated/α-hetero) is 1. The highest BCUT2D eigenvalue weighted by molar-refractivity contribution is 5.97. The van der Waals surface area contributed by atoms with E-state index in [9.17, 15) is 9.59 Å². The maximum Gasteiger partial charge on any atom is 0.220 e. The summed E-state index contributed by atoms with van der Waals surface area (Å²) in [7, 11) is 1.63. The predicted molar refractivity (Wildman–Crippen MR) is 94.5 cm³/mol. The van der Waals surface area contributed by atoms with Crippen molar-refractivity contribution in [3.63, 3.8) is 0 Å². The average Bonchev–Trinajstić information content (AvgIpc) is 2.61. The Morgan fingerprint density at radius 1 is 0.958 bits per heavy atom. The number of methoxy groups -OCH3 is 1. The van der Waals surface area contributed by atoms with Crippen LogP contribution in [0.2, 0.25) is 0 Å². The molecule has 1 N–H and O–H groups in total. The van der Waals surface area contributed by atoms with Gasteiger partial charge in [-0.25, -0.2) is 0 Å². The second-order valence-electron chi connectivity index (χ2n) is 5.74. The number of carbonyl (C=O) groups is 2. The van der Waals surface area contributed by atoms with Crippen molar-refractivity contribution in [3.05, 3.63) is 65.2 Å². The minimum Gasteiger partial charge on any atom is -0.497 e. The van der Waals surface area contributed by atoms with Gasteiger partial charge in [0, 0.05) is 24.9 Å². The van der Waals surface area contributed by atoms with Crippen LogP contribution in [-0.2, 0) is 11.2 Å². The molecule has 0 spiro atoms. The molecule has 2 rings (SSSR count). The van der Waals surface area contributed by atoms with E-state index in [1.54, 1.807) is 19.2 Å². The summed E-state index contributed by atoms with van der Waals surface area (Å²) < 4.78 is 5.11. The standard InChI is InChI=1S/C20H23NO3/c1-15-3-7-17(8-4-15)19(22)11-12-20(23)21-14-13-16-5-9-18(24-2)10-6-16/h3-10H,11-14H2,1-2H3,(H,21,23). The fraction of sp³-hybridized carbons (Fsp3) is 0.300. The second kappa shape index (κ2) is 8.87. The van der Waals surface area contributed by atoms with Crippen LogP contribution < -0.4 is 10.1 Å². The van der Waals surface area contributed by atoms with Crippen molar-refractivity contribution in [1.82, 2.24) is 5.32 Å². The molecule has 0 saturated carbocycles. The molecule has 4 heteroatoms. The highest BCUT2D eigenvalue weighted by Crippen LogP contribution is 2.11. The zero-order chi connectivity index (χ0) is 17.4. The average molecular weight is 325 g/mol. The van der Waals surface area contributed by atoms with Gasteiger partial charge in [0.15, 0.2) is 5.78 Å².